The molecule has 2 heterocycles. The maximum Gasteiger partial charge on any atom is 0.273 e. The molecule has 8 nitrogen and oxygen atoms in total. The zero-order valence-corrected chi connectivity index (χ0v) is 22.3. The summed E-state index contributed by atoms with van der Waals surface area (Å²) in [6.07, 6.45) is 1.38. The third kappa shape index (κ3) is 8.22. The number of hydrogen-bond donors (Lipinski definition) is 1. The SMILES string of the molecule is O=C(NCc1ccc(F)cc1)c1coc(CN(CCN2CCOCC2)Cc2cccc(Oc3ccccc3)c2)n1. The maximum atomic E-state index is 13.1. The van der Waals surface area contributed by atoms with E-state index in [1.807, 2.05) is 48.5 Å². The van der Waals surface area contributed by atoms with E-state index < -0.39 is 0 Å². The Kier molecular flexibility index (Phi) is 9.52. The van der Waals surface area contributed by atoms with Crippen LogP contribution in [-0.4, -0.2) is 60.1 Å². The quantitative estimate of drug-likeness (QED) is 0.273. The van der Waals surface area contributed by atoms with E-state index in [1.54, 1.807) is 12.1 Å². The number of amides is 1. The third-order valence-electron chi connectivity index (χ3n) is 6.63. The molecular weight excluding hydrogens is 511 g/mol. The van der Waals surface area contributed by atoms with Crippen molar-refractivity contribution in [3.8, 4) is 11.5 Å². The van der Waals surface area contributed by atoms with E-state index in [0.717, 1.165) is 62.0 Å². The van der Waals surface area contributed by atoms with Gasteiger partial charge in [-0.05, 0) is 47.5 Å². The monoisotopic (exact) mass is 544 g/mol. The lowest BCUT2D eigenvalue weighted by Gasteiger charge is -2.29. The second kappa shape index (κ2) is 13.8. The number of halogens is 1. The fraction of sp³-hybridized carbons (Fsp3) is 0.290. The van der Waals surface area contributed by atoms with Crippen molar-refractivity contribution < 1.29 is 23.1 Å². The lowest BCUT2D eigenvalue weighted by Crippen LogP contribution is -2.41. The van der Waals surface area contributed by atoms with Crippen LogP contribution in [0.25, 0.3) is 0 Å². The summed E-state index contributed by atoms with van der Waals surface area (Å²) < 4.78 is 30.4. The van der Waals surface area contributed by atoms with Gasteiger partial charge < -0.3 is 19.2 Å². The highest BCUT2D eigenvalue weighted by atomic mass is 19.1. The van der Waals surface area contributed by atoms with Gasteiger partial charge >= 0.3 is 0 Å². The van der Waals surface area contributed by atoms with Gasteiger partial charge in [-0.2, -0.15) is 0 Å². The summed E-state index contributed by atoms with van der Waals surface area (Å²) in [4.78, 5) is 21.7. The molecule has 0 bridgehead atoms. The van der Waals surface area contributed by atoms with Gasteiger partial charge in [-0.15, -0.1) is 0 Å². The van der Waals surface area contributed by atoms with E-state index in [-0.39, 0.29) is 24.0 Å². The molecule has 1 aromatic heterocycles. The number of benzene rings is 3. The molecule has 1 aliphatic rings. The number of hydrogen-bond acceptors (Lipinski definition) is 7. The Morgan fingerprint density at radius 3 is 2.52 bits per heavy atom. The van der Waals surface area contributed by atoms with Crippen molar-refractivity contribution in [2.75, 3.05) is 39.4 Å². The molecule has 0 spiro atoms. The van der Waals surface area contributed by atoms with Crippen molar-refractivity contribution in [3.63, 3.8) is 0 Å². The van der Waals surface area contributed by atoms with Gasteiger partial charge in [0.05, 0.1) is 19.8 Å². The molecule has 9 heteroatoms. The van der Waals surface area contributed by atoms with Crippen LogP contribution in [0.3, 0.4) is 0 Å². The van der Waals surface area contributed by atoms with Gasteiger partial charge in [0, 0.05) is 39.3 Å². The van der Waals surface area contributed by atoms with Crippen molar-refractivity contribution >= 4 is 5.91 Å². The van der Waals surface area contributed by atoms with E-state index in [1.165, 1.54) is 18.4 Å². The van der Waals surface area contributed by atoms with Crippen molar-refractivity contribution in [2.24, 2.45) is 0 Å². The molecule has 0 atom stereocenters. The van der Waals surface area contributed by atoms with Gasteiger partial charge in [0.25, 0.3) is 5.91 Å². The molecule has 208 valence electrons. The Bertz CT molecular complexity index is 1360. The standard InChI is InChI=1S/C31H33FN4O4/c32-26-11-9-24(10-12-26)20-33-31(37)29-23-39-30(34-29)22-36(14-13-35-15-17-38-18-16-35)21-25-5-4-8-28(19-25)40-27-6-2-1-3-7-27/h1-12,19,23H,13-18,20-22H2,(H,33,37). The van der Waals surface area contributed by atoms with Crippen LogP contribution < -0.4 is 10.1 Å². The van der Waals surface area contributed by atoms with E-state index in [2.05, 4.69) is 26.2 Å². The minimum Gasteiger partial charge on any atom is -0.457 e. The predicted molar refractivity (Wildman–Crippen MR) is 148 cm³/mol. The Labute approximate surface area is 233 Å². The van der Waals surface area contributed by atoms with Crippen LogP contribution in [0.1, 0.15) is 27.5 Å². The van der Waals surface area contributed by atoms with Gasteiger partial charge in [-0.25, -0.2) is 9.37 Å². The summed E-state index contributed by atoms with van der Waals surface area (Å²) in [5, 5.41) is 2.81. The van der Waals surface area contributed by atoms with Crippen molar-refractivity contribution in [1.82, 2.24) is 20.1 Å². The lowest BCUT2D eigenvalue weighted by atomic mass is 10.2. The van der Waals surface area contributed by atoms with E-state index >= 15 is 0 Å². The largest absolute Gasteiger partial charge is 0.457 e. The number of morpholine rings is 1. The molecule has 5 rings (SSSR count). The highest BCUT2D eigenvalue weighted by Gasteiger charge is 2.18. The third-order valence-corrected chi connectivity index (χ3v) is 6.63. The molecule has 1 aliphatic heterocycles. The number of ether oxygens (including phenoxy) is 2. The number of rotatable bonds is 12. The van der Waals surface area contributed by atoms with Crippen molar-refractivity contribution in [1.29, 1.82) is 0 Å². The summed E-state index contributed by atoms with van der Waals surface area (Å²) in [6, 6.07) is 23.7. The predicted octanol–water partition coefficient (Wildman–Crippen LogP) is 4.87. The molecule has 1 amide bonds. The Morgan fingerprint density at radius 1 is 0.950 bits per heavy atom. The zero-order valence-electron chi connectivity index (χ0n) is 22.3. The first-order valence-corrected chi connectivity index (χ1v) is 13.4. The van der Waals surface area contributed by atoms with E-state index in [0.29, 0.717) is 19.0 Å². The fourth-order valence-electron chi connectivity index (χ4n) is 4.47. The molecule has 0 radical (unpaired) electrons. The summed E-state index contributed by atoms with van der Waals surface area (Å²) in [5.41, 5.74) is 2.11. The van der Waals surface area contributed by atoms with Gasteiger partial charge in [0.1, 0.15) is 23.6 Å². The lowest BCUT2D eigenvalue weighted by molar-refractivity contribution is 0.0320. The normalized spacial score (nSPS) is 13.8. The number of nitrogens with one attached hydrogen (secondary N) is 1. The van der Waals surface area contributed by atoms with Gasteiger partial charge in [0.2, 0.25) is 5.89 Å². The fourth-order valence-corrected chi connectivity index (χ4v) is 4.47. The summed E-state index contributed by atoms with van der Waals surface area (Å²) in [6.45, 7) is 6.35. The van der Waals surface area contributed by atoms with Gasteiger partial charge in [-0.1, -0.05) is 42.5 Å². The zero-order chi connectivity index (χ0) is 27.6. The topological polar surface area (TPSA) is 80.1 Å². The first-order chi connectivity index (χ1) is 19.6. The first kappa shape index (κ1) is 27.5. The van der Waals surface area contributed by atoms with Crippen LogP contribution in [0, 0.1) is 5.82 Å². The van der Waals surface area contributed by atoms with Gasteiger partial charge in [-0.3, -0.25) is 14.6 Å². The van der Waals surface area contributed by atoms with Crippen LogP contribution in [0.2, 0.25) is 0 Å². The average molecular weight is 545 g/mol. The molecule has 4 aromatic rings. The minimum absolute atomic E-state index is 0.212. The molecule has 1 fully saturated rings. The van der Waals surface area contributed by atoms with Gasteiger partial charge in [0.15, 0.2) is 5.69 Å². The molecule has 3 aromatic carbocycles. The first-order valence-electron chi connectivity index (χ1n) is 13.4. The second-order valence-corrected chi connectivity index (χ2v) is 9.66. The van der Waals surface area contributed by atoms with Crippen LogP contribution >= 0.6 is 0 Å². The highest BCUT2D eigenvalue weighted by molar-refractivity contribution is 5.91. The molecular formula is C31H33FN4O4. The Balaban J connectivity index is 1.23. The molecule has 0 saturated carbocycles. The summed E-state index contributed by atoms with van der Waals surface area (Å²) in [5.74, 6) is 1.36. The number of carbonyl (C=O) groups excluding carboxylic acids is 1. The second-order valence-electron chi connectivity index (χ2n) is 9.66. The van der Waals surface area contributed by atoms with Crippen molar-refractivity contribution in [2.45, 2.75) is 19.6 Å². The molecule has 1 N–H and O–H groups in total. The summed E-state index contributed by atoms with van der Waals surface area (Å²) >= 11 is 0. The van der Waals surface area contributed by atoms with E-state index in [4.69, 9.17) is 13.9 Å². The maximum absolute atomic E-state index is 13.1. The number of carbonyl (C=O) groups is 1. The smallest absolute Gasteiger partial charge is 0.273 e. The van der Waals surface area contributed by atoms with Crippen LogP contribution in [0.15, 0.2) is 89.5 Å². The molecule has 0 unspecified atom stereocenters. The number of aromatic nitrogens is 1. The molecule has 0 aliphatic carbocycles. The van der Waals surface area contributed by atoms with Crippen LogP contribution in [0.5, 0.6) is 11.5 Å². The molecule has 1 saturated heterocycles. The van der Waals surface area contributed by atoms with E-state index in [9.17, 15) is 9.18 Å². The number of oxazole rings is 1. The highest BCUT2D eigenvalue weighted by Crippen LogP contribution is 2.23. The summed E-state index contributed by atoms with van der Waals surface area (Å²) in [7, 11) is 0. The van der Waals surface area contributed by atoms with Crippen molar-refractivity contribution in [3.05, 3.63) is 114 Å². The average Bonchev–Trinajstić information content (AvgIpc) is 3.45. The van der Waals surface area contributed by atoms with Crippen LogP contribution in [-0.2, 0) is 24.4 Å². The Hall–Kier alpha value is -4.05. The molecule has 40 heavy (non-hydrogen) atoms. The van der Waals surface area contributed by atoms with Crippen LogP contribution in [0.4, 0.5) is 4.39 Å². The Morgan fingerprint density at radius 2 is 1.73 bits per heavy atom. The number of para-hydroxylation sites is 1. The minimum atomic E-state index is -0.343. The number of nitrogens with zero attached hydrogens (tertiary/aromatic N) is 3.